The van der Waals surface area contributed by atoms with Crippen LogP contribution in [0.4, 0.5) is 5.69 Å². The minimum absolute atomic E-state index is 0.0305. The van der Waals surface area contributed by atoms with Crippen molar-refractivity contribution in [1.82, 2.24) is 9.80 Å². The number of hydrogen-bond acceptors (Lipinski definition) is 4. The van der Waals surface area contributed by atoms with Crippen LogP contribution in [-0.2, 0) is 16.4 Å². The molecule has 1 amide bonds. The maximum absolute atomic E-state index is 13.0. The summed E-state index contributed by atoms with van der Waals surface area (Å²) in [6.07, 6.45) is 0.617. The lowest BCUT2D eigenvalue weighted by atomic mass is 10.1. The largest absolute Gasteiger partial charge is 0.336 e. The Balaban J connectivity index is 1.55. The molecule has 7 heteroatoms. The van der Waals surface area contributed by atoms with Gasteiger partial charge in [-0.15, -0.1) is 0 Å². The molecule has 2 aliphatic heterocycles. The summed E-state index contributed by atoms with van der Waals surface area (Å²) in [7, 11) is -3.58. The summed E-state index contributed by atoms with van der Waals surface area (Å²) in [6, 6.07) is 13.9. The van der Waals surface area contributed by atoms with E-state index in [1.54, 1.807) is 42.5 Å². The SMILES string of the molecule is CCN1CCN(C(=O)c2ccc3c(c2)CCN3S(=O)(=O)c2ccccc2)CC1. The average Bonchev–Trinajstić information content (AvgIpc) is 3.18. The van der Waals surface area contributed by atoms with Gasteiger partial charge in [0.1, 0.15) is 0 Å². The molecule has 0 atom stereocenters. The van der Waals surface area contributed by atoms with E-state index in [-0.39, 0.29) is 10.8 Å². The fourth-order valence-electron chi connectivity index (χ4n) is 3.92. The van der Waals surface area contributed by atoms with Crippen LogP contribution < -0.4 is 4.31 Å². The van der Waals surface area contributed by atoms with Gasteiger partial charge in [-0.3, -0.25) is 9.10 Å². The fourth-order valence-corrected chi connectivity index (χ4v) is 5.45. The van der Waals surface area contributed by atoms with Gasteiger partial charge in [0.05, 0.1) is 10.6 Å². The molecule has 1 saturated heterocycles. The number of carbonyl (C=O) groups is 1. The van der Waals surface area contributed by atoms with Crippen LogP contribution in [0, 0.1) is 0 Å². The van der Waals surface area contributed by atoms with Gasteiger partial charge in [0.15, 0.2) is 0 Å². The van der Waals surface area contributed by atoms with Gasteiger partial charge in [-0.2, -0.15) is 0 Å². The number of amides is 1. The number of piperazine rings is 1. The topological polar surface area (TPSA) is 60.9 Å². The Hall–Kier alpha value is -2.38. The van der Waals surface area contributed by atoms with E-state index in [4.69, 9.17) is 0 Å². The lowest BCUT2D eigenvalue weighted by Crippen LogP contribution is -2.48. The number of rotatable bonds is 4. The Morgan fingerprint density at radius 3 is 2.36 bits per heavy atom. The zero-order chi connectivity index (χ0) is 19.7. The summed E-state index contributed by atoms with van der Waals surface area (Å²) < 4.78 is 27.4. The van der Waals surface area contributed by atoms with Crippen LogP contribution in [0.15, 0.2) is 53.4 Å². The van der Waals surface area contributed by atoms with Gasteiger partial charge in [0.2, 0.25) is 0 Å². The number of nitrogens with zero attached hydrogens (tertiary/aromatic N) is 3. The molecule has 0 unspecified atom stereocenters. The third kappa shape index (κ3) is 3.40. The van der Waals surface area contributed by atoms with Crippen molar-refractivity contribution in [2.75, 3.05) is 43.6 Å². The van der Waals surface area contributed by atoms with Crippen molar-refractivity contribution >= 4 is 21.6 Å². The monoisotopic (exact) mass is 399 g/mol. The molecular formula is C21H25N3O3S. The van der Waals surface area contributed by atoms with Crippen molar-refractivity contribution in [2.24, 2.45) is 0 Å². The summed E-state index contributed by atoms with van der Waals surface area (Å²) in [6.45, 7) is 6.81. The molecule has 4 rings (SSSR count). The Kier molecular flexibility index (Phi) is 5.12. The Bertz CT molecular complexity index is 968. The molecule has 0 aromatic heterocycles. The van der Waals surface area contributed by atoms with Gasteiger partial charge < -0.3 is 9.80 Å². The number of carbonyl (C=O) groups excluding carboxylic acids is 1. The smallest absolute Gasteiger partial charge is 0.264 e. The molecule has 28 heavy (non-hydrogen) atoms. The second-order valence-electron chi connectivity index (χ2n) is 7.21. The summed E-state index contributed by atoms with van der Waals surface area (Å²) in [4.78, 5) is 17.4. The third-order valence-corrected chi connectivity index (χ3v) is 7.44. The van der Waals surface area contributed by atoms with Crippen LogP contribution in [0.2, 0.25) is 0 Å². The molecule has 2 aliphatic rings. The number of anilines is 1. The minimum atomic E-state index is -3.58. The first-order chi connectivity index (χ1) is 13.5. The van der Waals surface area contributed by atoms with Crippen LogP contribution in [0.3, 0.4) is 0 Å². The van der Waals surface area contributed by atoms with E-state index in [2.05, 4.69) is 11.8 Å². The fraction of sp³-hybridized carbons (Fsp3) is 0.381. The summed E-state index contributed by atoms with van der Waals surface area (Å²) >= 11 is 0. The molecule has 0 saturated carbocycles. The van der Waals surface area contributed by atoms with Crippen molar-refractivity contribution in [3.8, 4) is 0 Å². The van der Waals surface area contributed by atoms with Gasteiger partial charge in [-0.05, 0) is 48.9 Å². The standard InChI is InChI=1S/C21H25N3O3S/c1-2-22-12-14-23(15-13-22)21(25)18-8-9-20-17(16-18)10-11-24(20)28(26,27)19-6-4-3-5-7-19/h3-9,16H,2,10-15H2,1H3. The predicted molar refractivity (Wildman–Crippen MR) is 109 cm³/mol. The van der Waals surface area contributed by atoms with E-state index in [0.717, 1.165) is 38.3 Å². The van der Waals surface area contributed by atoms with Crippen molar-refractivity contribution in [3.63, 3.8) is 0 Å². The van der Waals surface area contributed by atoms with Gasteiger partial charge in [0.25, 0.3) is 15.9 Å². The lowest BCUT2D eigenvalue weighted by Gasteiger charge is -2.34. The molecule has 2 aromatic rings. The molecule has 2 heterocycles. The first kappa shape index (κ1) is 19.0. The van der Waals surface area contributed by atoms with E-state index in [0.29, 0.717) is 24.2 Å². The highest BCUT2D eigenvalue weighted by molar-refractivity contribution is 7.92. The second kappa shape index (κ2) is 7.56. The molecule has 0 spiro atoms. The van der Waals surface area contributed by atoms with Crippen LogP contribution in [0.1, 0.15) is 22.8 Å². The van der Waals surface area contributed by atoms with Crippen molar-refractivity contribution in [1.29, 1.82) is 0 Å². The first-order valence-electron chi connectivity index (χ1n) is 9.73. The van der Waals surface area contributed by atoms with E-state index < -0.39 is 10.0 Å². The zero-order valence-electron chi connectivity index (χ0n) is 16.0. The predicted octanol–water partition coefficient (Wildman–Crippen LogP) is 2.22. The van der Waals surface area contributed by atoms with E-state index in [1.165, 1.54) is 4.31 Å². The Morgan fingerprint density at radius 2 is 1.68 bits per heavy atom. The maximum atomic E-state index is 13.0. The maximum Gasteiger partial charge on any atom is 0.264 e. The third-order valence-electron chi connectivity index (χ3n) is 5.62. The van der Waals surface area contributed by atoms with Gasteiger partial charge >= 0.3 is 0 Å². The van der Waals surface area contributed by atoms with Gasteiger partial charge in [0, 0.05) is 38.3 Å². The van der Waals surface area contributed by atoms with E-state index in [1.807, 2.05) is 11.0 Å². The normalized spacial score (nSPS) is 17.6. The first-order valence-corrected chi connectivity index (χ1v) is 11.2. The molecule has 6 nitrogen and oxygen atoms in total. The summed E-state index contributed by atoms with van der Waals surface area (Å²) in [5.74, 6) is 0.0305. The molecule has 0 radical (unpaired) electrons. The highest BCUT2D eigenvalue weighted by atomic mass is 32.2. The van der Waals surface area contributed by atoms with Crippen molar-refractivity contribution < 1.29 is 13.2 Å². The molecule has 0 N–H and O–H groups in total. The molecule has 148 valence electrons. The van der Waals surface area contributed by atoms with E-state index in [9.17, 15) is 13.2 Å². The van der Waals surface area contributed by atoms with E-state index >= 15 is 0 Å². The van der Waals surface area contributed by atoms with Crippen molar-refractivity contribution in [3.05, 3.63) is 59.7 Å². The number of fused-ring (bicyclic) bond motifs is 1. The van der Waals surface area contributed by atoms with Crippen LogP contribution in [0.5, 0.6) is 0 Å². The van der Waals surface area contributed by atoms with Crippen LogP contribution in [-0.4, -0.2) is 63.4 Å². The molecular weight excluding hydrogens is 374 g/mol. The highest BCUT2D eigenvalue weighted by Crippen LogP contribution is 2.33. The second-order valence-corrected chi connectivity index (χ2v) is 9.07. The Morgan fingerprint density at radius 1 is 0.964 bits per heavy atom. The Labute approximate surface area is 166 Å². The van der Waals surface area contributed by atoms with Gasteiger partial charge in [-0.1, -0.05) is 25.1 Å². The number of sulfonamides is 1. The number of benzene rings is 2. The average molecular weight is 400 g/mol. The molecule has 0 bridgehead atoms. The van der Waals surface area contributed by atoms with Crippen molar-refractivity contribution in [2.45, 2.75) is 18.2 Å². The molecule has 2 aromatic carbocycles. The summed E-state index contributed by atoms with van der Waals surface area (Å²) in [5, 5.41) is 0. The quantitative estimate of drug-likeness (QED) is 0.791. The number of likely N-dealkylation sites (N-methyl/N-ethyl adjacent to an activating group) is 1. The lowest BCUT2D eigenvalue weighted by molar-refractivity contribution is 0.0643. The highest BCUT2D eigenvalue weighted by Gasteiger charge is 2.31. The molecule has 1 fully saturated rings. The zero-order valence-corrected chi connectivity index (χ0v) is 16.9. The van der Waals surface area contributed by atoms with Gasteiger partial charge in [-0.25, -0.2) is 8.42 Å². The minimum Gasteiger partial charge on any atom is -0.336 e. The number of hydrogen-bond donors (Lipinski definition) is 0. The van der Waals surface area contributed by atoms with Crippen LogP contribution >= 0.6 is 0 Å². The van der Waals surface area contributed by atoms with Crippen LogP contribution in [0.25, 0.3) is 0 Å². The summed E-state index contributed by atoms with van der Waals surface area (Å²) in [5.41, 5.74) is 2.23. The molecule has 0 aliphatic carbocycles.